The summed E-state index contributed by atoms with van der Waals surface area (Å²) in [6.45, 7) is 1.85. The van der Waals surface area contributed by atoms with Gasteiger partial charge in [0, 0.05) is 31.9 Å². The van der Waals surface area contributed by atoms with E-state index in [2.05, 4.69) is 5.32 Å². The molecule has 1 heterocycles. The van der Waals surface area contributed by atoms with Gasteiger partial charge >= 0.3 is 0 Å². The zero-order valence-corrected chi connectivity index (χ0v) is 20.1. The molecule has 1 aromatic carbocycles. The molecule has 0 spiro atoms. The molecule has 2 aliphatic rings. The Bertz CT molecular complexity index is 1020. The first kappa shape index (κ1) is 24.0. The van der Waals surface area contributed by atoms with Crippen molar-refractivity contribution in [2.45, 2.75) is 62.4 Å². The van der Waals surface area contributed by atoms with Crippen LogP contribution >= 0.6 is 0 Å². The van der Waals surface area contributed by atoms with Gasteiger partial charge in [-0.15, -0.1) is 0 Å². The van der Waals surface area contributed by atoms with Crippen molar-refractivity contribution in [2.75, 3.05) is 37.5 Å². The number of amides is 1. The molecule has 1 saturated carbocycles. The zero-order valence-electron chi connectivity index (χ0n) is 18.5. The highest BCUT2D eigenvalue weighted by Crippen LogP contribution is 2.29. The quantitative estimate of drug-likeness (QED) is 0.652. The Morgan fingerprint density at radius 2 is 1.77 bits per heavy atom. The van der Waals surface area contributed by atoms with Crippen LogP contribution in [0.25, 0.3) is 0 Å². The van der Waals surface area contributed by atoms with Crippen LogP contribution in [0.4, 0.5) is 5.69 Å². The van der Waals surface area contributed by atoms with Crippen LogP contribution in [-0.2, 0) is 24.7 Å². The van der Waals surface area contributed by atoms with Crippen LogP contribution in [0.5, 0.6) is 0 Å². The van der Waals surface area contributed by atoms with Crippen LogP contribution in [0.3, 0.4) is 0 Å². The van der Waals surface area contributed by atoms with Crippen molar-refractivity contribution in [3.63, 3.8) is 0 Å². The fourth-order valence-corrected chi connectivity index (χ4v) is 7.12. The minimum Gasteiger partial charge on any atom is -0.376 e. The average molecular weight is 472 g/mol. The van der Waals surface area contributed by atoms with Crippen molar-refractivity contribution in [1.82, 2.24) is 9.21 Å². The lowest BCUT2D eigenvalue weighted by molar-refractivity contribution is -0.134. The summed E-state index contributed by atoms with van der Waals surface area (Å²) in [5.74, 6) is 0.0324. The lowest BCUT2D eigenvalue weighted by Crippen LogP contribution is -2.50. The normalized spacial score (nSPS) is 21.9. The van der Waals surface area contributed by atoms with Crippen molar-refractivity contribution < 1.29 is 21.6 Å². The smallest absolute Gasteiger partial charge is 0.242 e. The summed E-state index contributed by atoms with van der Waals surface area (Å²) in [5, 5.41) is 3.10. The Kier molecular flexibility index (Phi) is 7.32. The largest absolute Gasteiger partial charge is 0.376 e. The van der Waals surface area contributed by atoms with Crippen LogP contribution in [0.2, 0.25) is 0 Å². The SMILES string of the molecule is Cc1ccc(S(=O)(=O)N(C)C)cc1NCC(=O)N(C1CCCCC1)C1CCS(=O)(=O)C1. The molecule has 2 fully saturated rings. The minimum absolute atomic E-state index is 0.000642. The average Bonchev–Trinajstić information content (AvgIpc) is 3.07. The third kappa shape index (κ3) is 5.59. The summed E-state index contributed by atoms with van der Waals surface area (Å²) >= 11 is 0. The van der Waals surface area contributed by atoms with E-state index in [1.54, 1.807) is 18.2 Å². The van der Waals surface area contributed by atoms with E-state index in [1.807, 2.05) is 11.8 Å². The molecule has 1 aromatic rings. The summed E-state index contributed by atoms with van der Waals surface area (Å²) in [6.07, 6.45) is 5.53. The lowest BCUT2D eigenvalue weighted by Gasteiger charge is -2.38. The zero-order chi connectivity index (χ0) is 22.8. The Hall–Kier alpha value is -1.65. The number of carbonyl (C=O) groups excluding carboxylic acids is 1. The minimum atomic E-state index is -3.58. The number of carbonyl (C=O) groups is 1. The fourth-order valence-electron chi connectivity index (χ4n) is 4.48. The van der Waals surface area contributed by atoms with Gasteiger partial charge in [0.05, 0.1) is 22.9 Å². The number of sulfone groups is 1. The van der Waals surface area contributed by atoms with Gasteiger partial charge in [-0.3, -0.25) is 4.79 Å². The van der Waals surface area contributed by atoms with Gasteiger partial charge in [-0.1, -0.05) is 25.3 Å². The summed E-state index contributed by atoms with van der Waals surface area (Å²) in [4.78, 5) is 15.2. The van der Waals surface area contributed by atoms with Crippen molar-refractivity contribution in [1.29, 1.82) is 0 Å². The number of hydrogen-bond donors (Lipinski definition) is 1. The molecule has 3 rings (SSSR count). The molecule has 1 aliphatic heterocycles. The monoisotopic (exact) mass is 471 g/mol. The molecule has 1 aliphatic carbocycles. The lowest BCUT2D eigenvalue weighted by atomic mass is 9.93. The molecule has 1 amide bonds. The van der Waals surface area contributed by atoms with Gasteiger partial charge in [0.25, 0.3) is 0 Å². The standard InChI is InChI=1S/C21H33N3O5S2/c1-16-9-10-19(31(28,29)23(2)3)13-20(16)22-14-21(25)24(17-7-5-4-6-8-17)18-11-12-30(26,27)15-18/h9-10,13,17-18,22H,4-8,11-12,14-15H2,1-3H3. The van der Waals surface area contributed by atoms with Gasteiger partial charge in [0.15, 0.2) is 9.84 Å². The fraction of sp³-hybridized carbons (Fsp3) is 0.667. The van der Waals surface area contributed by atoms with E-state index in [0.29, 0.717) is 12.1 Å². The Morgan fingerprint density at radius 3 is 2.35 bits per heavy atom. The predicted octanol–water partition coefficient (Wildman–Crippen LogP) is 2.01. The van der Waals surface area contributed by atoms with Crippen molar-refractivity contribution in [2.24, 2.45) is 0 Å². The molecular weight excluding hydrogens is 438 g/mol. The van der Waals surface area contributed by atoms with Gasteiger partial charge in [0.1, 0.15) is 0 Å². The van der Waals surface area contributed by atoms with Crippen LogP contribution in [0, 0.1) is 6.92 Å². The Morgan fingerprint density at radius 1 is 1.10 bits per heavy atom. The number of anilines is 1. The van der Waals surface area contributed by atoms with Crippen LogP contribution in [0.15, 0.2) is 23.1 Å². The number of rotatable bonds is 7. The van der Waals surface area contributed by atoms with E-state index in [-0.39, 0.29) is 40.9 Å². The maximum absolute atomic E-state index is 13.3. The molecule has 1 N–H and O–H groups in total. The number of benzene rings is 1. The summed E-state index contributed by atoms with van der Waals surface area (Å²) in [5.41, 5.74) is 1.41. The molecule has 1 saturated heterocycles. The van der Waals surface area contributed by atoms with E-state index in [9.17, 15) is 21.6 Å². The molecule has 0 bridgehead atoms. The van der Waals surface area contributed by atoms with Gasteiger partial charge in [0.2, 0.25) is 15.9 Å². The molecular formula is C21H33N3O5S2. The molecule has 31 heavy (non-hydrogen) atoms. The van der Waals surface area contributed by atoms with Crippen LogP contribution in [-0.4, -0.2) is 76.2 Å². The molecule has 0 radical (unpaired) electrons. The number of aryl methyl sites for hydroxylation is 1. The van der Waals surface area contributed by atoms with Gasteiger partial charge < -0.3 is 10.2 Å². The number of nitrogens with one attached hydrogen (secondary N) is 1. The topological polar surface area (TPSA) is 104 Å². The maximum Gasteiger partial charge on any atom is 0.242 e. The summed E-state index contributed by atoms with van der Waals surface area (Å²) in [7, 11) is -3.73. The molecule has 174 valence electrons. The third-order valence-corrected chi connectivity index (χ3v) is 9.84. The molecule has 1 atom stereocenters. The molecule has 8 nitrogen and oxygen atoms in total. The first-order valence-corrected chi connectivity index (χ1v) is 14.1. The highest BCUT2D eigenvalue weighted by atomic mass is 32.2. The second-order valence-corrected chi connectivity index (χ2v) is 13.1. The first-order valence-electron chi connectivity index (χ1n) is 10.8. The number of hydrogen-bond acceptors (Lipinski definition) is 6. The predicted molar refractivity (Wildman–Crippen MR) is 121 cm³/mol. The van der Waals surface area contributed by atoms with Crippen LogP contribution in [0.1, 0.15) is 44.1 Å². The van der Waals surface area contributed by atoms with Crippen molar-refractivity contribution >= 4 is 31.5 Å². The van der Waals surface area contributed by atoms with E-state index >= 15 is 0 Å². The number of nitrogens with zero attached hydrogens (tertiary/aromatic N) is 2. The second kappa shape index (κ2) is 9.46. The van der Waals surface area contributed by atoms with E-state index in [4.69, 9.17) is 0 Å². The third-order valence-electron chi connectivity index (χ3n) is 6.28. The highest BCUT2D eigenvalue weighted by Gasteiger charge is 2.38. The molecule has 10 heteroatoms. The Labute approximate surface area is 186 Å². The Balaban J connectivity index is 1.78. The maximum atomic E-state index is 13.3. The van der Waals surface area contributed by atoms with Crippen molar-refractivity contribution in [3.8, 4) is 0 Å². The van der Waals surface area contributed by atoms with Crippen LogP contribution < -0.4 is 5.32 Å². The van der Waals surface area contributed by atoms with Crippen molar-refractivity contribution in [3.05, 3.63) is 23.8 Å². The summed E-state index contributed by atoms with van der Waals surface area (Å²) in [6, 6.07) is 4.61. The number of sulfonamides is 1. The molecule has 0 aromatic heterocycles. The van der Waals surface area contributed by atoms with E-state index in [1.165, 1.54) is 14.1 Å². The van der Waals surface area contributed by atoms with E-state index < -0.39 is 19.9 Å². The van der Waals surface area contributed by atoms with Gasteiger partial charge in [-0.05, 0) is 43.9 Å². The van der Waals surface area contributed by atoms with Gasteiger partial charge in [-0.2, -0.15) is 0 Å². The molecule has 1 unspecified atom stereocenters. The highest BCUT2D eigenvalue weighted by molar-refractivity contribution is 7.91. The second-order valence-electron chi connectivity index (χ2n) is 8.77. The van der Waals surface area contributed by atoms with Gasteiger partial charge in [-0.25, -0.2) is 21.1 Å². The van der Waals surface area contributed by atoms with E-state index in [0.717, 1.165) is 42.0 Å². The first-order chi connectivity index (χ1) is 14.5. The summed E-state index contributed by atoms with van der Waals surface area (Å²) < 4.78 is 50.1.